The lowest BCUT2D eigenvalue weighted by atomic mass is 9.75. The van der Waals surface area contributed by atoms with Gasteiger partial charge in [-0.2, -0.15) is 0 Å². The van der Waals surface area contributed by atoms with Gasteiger partial charge in [-0.1, -0.05) is 62.4 Å². The van der Waals surface area contributed by atoms with Gasteiger partial charge in [-0.15, -0.1) is 0 Å². The largest absolute Gasteiger partial charge is 0.490 e. The van der Waals surface area contributed by atoms with Crippen molar-refractivity contribution in [1.82, 2.24) is 5.32 Å². The second-order valence-electron chi connectivity index (χ2n) is 6.81. The van der Waals surface area contributed by atoms with Crippen molar-refractivity contribution in [2.75, 3.05) is 13.1 Å². The highest BCUT2D eigenvalue weighted by Crippen LogP contribution is 2.36. The van der Waals surface area contributed by atoms with Crippen LogP contribution in [0.2, 0.25) is 0 Å². The summed E-state index contributed by atoms with van der Waals surface area (Å²) in [4.78, 5) is 0. The van der Waals surface area contributed by atoms with Crippen LogP contribution in [0, 0.1) is 11.8 Å². The van der Waals surface area contributed by atoms with E-state index in [1.54, 1.807) is 0 Å². The molecule has 0 amide bonds. The third-order valence-electron chi connectivity index (χ3n) is 4.85. The van der Waals surface area contributed by atoms with Crippen molar-refractivity contribution < 1.29 is 4.74 Å². The standard InChI is InChI=1S/C21H27NO/c1-16(2)21(23-18-11-7-4-8-12-18)20-15-22-14-13-19(20)17-9-5-3-6-10-17/h3-12,16,19-22H,13-15H2,1-2H3. The Labute approximate surface area is 139 Å². The zero-order valence-corrected chi connectivity index (χ0v) is 14.1. The first-order chi connectivity index (χ1) is 11.3. The van der Waals surface area contributed by atoms with Crippen LogP contribution in [0.5, 0.6) is 5.75 Å². The maximum atomic E-state index is 6.43. The van der Waals surface area contributed by atoms with Crippen LogP contribution in [0.3, 0.4) is 0 Å². The molecule has 1 fully saturated rings. The highest BCUT2D eigenvalue weighted by molar-refractivity contribution is 5.24. The van der Waals surface area contributed by atoms with Gasteiger partial charge in [0, 0.05) is 12.5 Å². The van der Waals surface area contributed by atoms with Crippen LogP contribution >= 0.6 is 0 Å². The summed E-state index contributed by atoms with van der Waals surface area (Å²) < 4.78 is 6.43. The zero-order chi connectivity index (χ0) is 16.1. The Hall–Kier alpha value is -1.80. The van der Waals surface area contributed by atoms with Crippen LogP contribution in [-0.2, 0) is 0 Å². The fraction of sp³-hybridized carbons (Fsp3) is 0.429. The molecule has 3 atom stereocenters. The smallest absolute Gasteiger partial charge is 0.119 e. The lowest BCUT2D eigenvalue weighted by Crippen LogP contribution is -2.46. The zero-order valence-electron chi connectivity index (χ0n) is 14.1. The van der Waals surface area contributed by atoms with E-state index in [9.17, 15) is 0 Å². The summed E-state index contributed by atoms with van der Waals surface area (Å²) in [6.45, 7) is 6.65. The summed E-state index contributed by atoms with van der Waals surface area (Å²) in [6, 6.07) is 21.2. The number of hydrogen-bond donors (Lipinski definition) is 1. The fourth-order valence-corrected chi connectivity index (χ4v) is 3.72. The molecule has 23 heavy (non-hydrogen) atoms. The van der Waals surface area contributed by atoms with Crippen LogP contribution < -0.4 is 10.1 Å². The molecule has 2 heteroatoms. The highest BCUT2D eigenvalue weighted by atomic mass is 16.5. The lowest BCUT2D eigenvalue weighted by Gasteiger charge is -2.39. The van der Waals surface area contributed by atoms with E-state index >= 15 is 0 Å². The van der Waals surface area contributed by atoms with Gasteiger partial charge < -0.3 is 10.1 Å². The average Bonchev–Trinajstić information content (AvgIpc) is 2.61. The fourth-order valence-electron chi connectivity index (χ4n) is 3.72. The van der Waals surface area contributed by atoms with E-state index in [1.165, 1.54) is 12.0 Å². The monoisotopic (exact) mass is 309 g/mol. The summed E-state index contributed by atoms with van der Waals surface area (Å²) in [7, 11) is 0. The van der Waals surface area contributed by atoms with E-state index in [-0.39, 0.29) is 6.10 Å². The number of ether oxygens (including phenoxy) is 1. The second-order valence-corrected chi connectivity index (χ2v) is 6.81. The van der Waals surface area contributed by atoms with E-state index in [0.29, 0.717) is 17.8 Å². The molecule has 1 aliphatic heterocycles. The Morgan fingerprint density at radius 1 is 0.957 bits per heavy atom. The molecule has 0 aliphatic carbocycles. The molecule has 1 heterocycles. The SMILES string of the molecule is CC(C)C(Oc1ccccc1)C1CNCCC1c1ccccc1. The molecule has 0 bridgehead atoms. The van der Waals surface area contributed by atoms with Crippen LogP contribution in [0.4, 0.5) is 0 Å². The first-order valence-electron chi connectivity index (χ1n) is 8.73. The molecule has 2 aromatic carbocycles. The molecule has 2 nitrogen and oxygen atoms in total. The molecule has 2 aromatic rings. The molecule has 122 valence electrons. The van der Waals surface area contributed by atoms with Crippen molar-refractivity contribution in [2.24, 2.45) is 11.8 Å². The number of hydrogen-bond acceptors (Lipinski definition) is 2. The maximum absolute atomic E-state index is 6.43. The number of rotatable bonds is 5. The van der Waals surface area contributed by atoms with E-state index in [2.05, 4.69) is 61.6 Å². The maximum Gasteiger partial charge on any atom is 0.119 e. The number of para-hydroxylation sites is 1. The minimum atomic E-state index is 0.218. The van der Waals surface area contributed by atoms with Gasteiger partial charge in [0.1, 0.15) is 11.9 Å². The first kappa shape index (κ1) is 16.1. The molecule has 1 N–H and O–H groups in total. The minimum Gasteiger partial charge on any atom is -0.490 e. The number of benzene rings is 2. The summed E-state index contributed by atoms with van der Waals surface area (Å²) in [5.41, 5.74) is 1.45. The van der Waals surface area contributed by atoms with E-state index in [0.717, 1.165) is 18.8 Å². The van der Waals surface area contributed by atoms with E-state index in [1.807, 2.05) is 18.2 Å². The Kier molecular flexibility index (Phi) is 5.35. The molecule has 3 unspecified atom stereocenters. The van der Waals surface area contributed by atoms with Crippen molar-refractivity contribution in [3.63, 3.8) is 0 Å². The van der Waals surface area contributed by atoms with Crippen molar-refractivity contribution in [3.8, 4) is 5.75 Å². The lowest BCUT2D eigenvalue weighted by molar-refractivity contribution is 0.0628. The molecule has 0 aromatic heterocycles. The molecule has 3 rings (SSSR count). The Morgan fingerprint density at radius 3 is 2.26 bits per heavy atom. The van der Waals surface area contributed by atoms with Gasteiger partial charge in [-0.3, -0.25) is 0 Å². The van der Waals surface area contributed by atoms with Crippen LogP contribution in [0.15, 0.2) is 60.7 Å². The third kappa shape index (κ3) is 3.94. The van der Waals surface area contributed by atoms with Crippen molar-refractivity contribution in [3.05, 3.63) is 66.2 Å². The normalized spacial score (nSPS) is 22.7. The summed E-state index contributed by atoms with van der Waals surface area (Å²) in [6.07, 6.45) is 1.39. The number of piperidine rings is 1. The Morgan fingerprint density at radius 2 is 1.61 bits per heavy atom. The second kappa shape index (κ2) is 7.65. The number of nitrogens with one attached hydrogen (secondary N) is 1. The Bertz CT molecular complexity index is 581. The van der Waals surface area contributed by atoms with Crippen LogP contribution in [0.1, 0.15) is 31.7 Å². The Balaban J connectivity index is 1.84. The van der Waals surface area contributed by atoms with Gasteiger partial charge in [0.25, 0.3) is 0 Å². The molecule has 1 saturated heterocycles. The average molecular weight is 309 g/mol. The van der Waals surface area contributed by atoms with Crippen LogP contribution in [-0.4, -0.2) is 19.2 Å². The van der Waals surface area contributed by atoms with Gasteiger partial charge in [0.2, 0.25) is 0 Å². The van der Waals surface area contributed by atoms with Gasteiger partial charge in [0.15, 0.2) is 0 Å². The van der Waals surface area contributed by atoms with Crippen molar-refractivity contribution >= 4 is 0 Å². The quantitative estimate of drug-likeness (QED) is 0.879. The topological polar surface area (TPSA) is 21.3 Å². The molecule has 1 aliphatic rings. The van der Waals surface area contributed by atoms with Gasteiger partial charge in [-0.25, -0.2) is 0 Å². The molecule has 0 spiro atoms. The molecule has 0 saturated carbocycles. The summed E-state index contributed by atoms with van der Waals surface area (Å²) >= 11 is 0. The van der Waals surface area contributed by atoms with Crippen molar-refractivity contribution in [1.29, 1.82) is 0 Å². The van der Waals surface area contributed by atoms with Crippen LogP contribution in [0.25, 0.3) is 0 Å². The predicted octanol–water partition coefficient (Wildman–Crippen LogP) is 4.48. The van der Waals surface area contributed by atoms with Crippen molar-refractivity contribution in [2.45, 2.75) is 32.3 Å². The highest BCUT2D eigenvalue weighted by Gasteiger charge is 2.35. The van der Waals surface area contributed by atoms with Gasteiger partial charge in [0.05, 0.1) is 0 Å². The predicted molar refractivity (Wildman–Crippen MR) is 95.9 cm³/mol. The molecular weight excluding hydrogens is 282 g/mol. The minimum absolute atomic E-state index is 0.218. The summed E-state index contributed by atoms with van der Waals surface area (Å²) in [5, 5.41) is 3.58. The first-order valence-corrected chi connectivity index (χ1v) is 8.73. The summed E-state index contributed by atoms with van der Waals surface area (Å²) in [5.74, 6) is 2.51. The van der Waals surface area contributed by atoms with E-state index in [4.69, 9.17) is 4.74 Å². The van der Waals surface area contributed by atoms with Gasteiger partial charge in [-0.05, 0) is 42.5 Å². The third-order valence-corrected chi connectivity index (χ3v) is 4.85. The molecule has 0 radical (unpaired) electrons. The van der Waals surface area contributed by atoms with E-state index < -0.39 is 0 Å². The molecular formula is C21H27NO. The van der Waals surface area contributed by atoms with Gasteiger partial charge >= 0.3 is 0 Å².